The molecule has 0 bridgehead atoms. The summed E-state index contributed by atoms with van der Waals surface area (Å²) in [6.07, 6.45) is 2.76. The maximum atomic E-state index is 12.3. The maximum absolute atomic E-state index is 12.3. The van der Waals surface area contributed by atoms with Crippen LogP contribution in [0.4, 0.5) is 0 Å². The van der Waals surface area contributed by atoms with Crippen molar-refractivity contribution in [2.24, 2.45) is 0 Å². The summed E-state index contributed by atoms with van der Waals surface area (Å²) in [5.74, 6) is 2.34. The van der Waals surface area contributed by atoms with Crippen LogP contribution in [0.1, 0.15) is 30.8 Å². The summed E-state index contributed by atoms with van der Waals surface area (Å²) in [5, 5.41) is 0. The highest BCUT2D eigenvalue weighted by Gasteiger charge is 2.42. The molecule has 0 saturated carbocycles. The van der Waals surface area contributed by atoms with E-state index in [9.17, 15) is 4.79 Å². The quantitative estimate of drug-likeness (QED) is 0.830. The van der Waals surface area contributed by atoms with Gasteiger partial charge in [0, 0.05) is 38.1 Å². The normalized spacial score (nSPS) is 26.0. The first-order chi connectivity index (χ1) is 10.5. The molecule has 2 fully saturated rings. The molecule has 3 heterocycles. The average Bonchev–Trinajstić information content (AvgIpc) is 3.05. The first kappa shape index (κ1) is 15.6. The lowest BCUT2D eigenvalue weighted by Gasteiger charge is -2.40. The summed E-state index contributed by atoms with van der Waals surface area (Å²) in [6, 6.07) is 4.97. The molecule has 2 aliphatic rings. The number of amides is 1. The second-order valence-corrected chi connectivity index (χ2v) is 6.84. The molecule has 0 radical (unpaired) electrons. The van der Waals surface area contributed by atoms with Crippen molar-refractivity contribution in [2.75, 3.05) is 33.7 Å². The standard InChI is InChI=1S/C17H27N3O2/c1-13-4-5-14(22-13)12-19-9-8-16-15(19)6-7-17(21)20(16)11-10-18(2)3/h4-5,15-16H,6-12H2,1-3H3/t15-,16-/m1/s1. The molecule has 1 amide bonds. The number of rotatable bonds is 5. The minimum Gasteiger partial charge on any atom is -0.465 e. The number of aryl methyl sites for hydroxylation is 1. The van der Waals surface area contributed by atoms with Crippen molar-refractivity contribution < 1.29 is 9.21 Å². The van der Waals surface area contributed by atoms with Crippen LogP contribution in [0.15, 0.2) is 16.5 Å². The molecule has 122 valence electrons. The Hall–Kier alpha value is -1.33. The van der Waals surface area contributed by atoms with Crippen LogP contribution in [-0.2, 0) is 11.3 Å². The molecule has 1 aromatic heterocycles. The van der Waals surface area contributed by atoms with Gasteiger partial charge in [-0.15, -0.1) is 0 Å². The number of fused-ring (bicyclic) bond motifs is 1. The Morgan fingerprint density at radius 3 is 2.77 bits per heavy atom. The molecule has 5 nitrogen and oxygen atoms in total. The Kier molecular flexibility index (Phi) is 4.54. The topological polar surface area (TPSA) is 39.9 Å². The third-order valence-corrected chi connectivity index (χ3v) is 4.94. The summed E-state index contributed by atoms with van der Waals surface area (Å²) < 4.78 is 5.72. The van der Waals surface area contributed by atoms with E-state index < -0.39 is 0 Å². The van der Waals surface area contributed by atoms with Gasteiger partial charge in [-0.25, -0.2) is 0 Å². The number of furan rings is 1. The molecule has 0 N–H and O–H groups in total. The highest BCUT2D eigenvalue weighted by atomic mass is 16.3. The van der Waals surface area contributed by atoms with Gasteiger partial charge in [0.1, 0.15) is 11.5 Å². The van der Waals surface area contributed by atoms with Crippen molar-refractivity contribution in [1.29, 1.82) is 0 Å². The lowest BCUT2D eigenvalue weighted by molar-refractivity contribution is -0.137. The Morgan fingerprint density at radius 1 is 1.27 bits per heavy atom. The van der Waals surface area contributed by atoms with Crippen LogP contribution < -0.4 is 0 Å². The van der Waals surface area contributed by atoms with E-state index in [1.807, 2.05) is 13.0 Å². The van der Waals surface area contributed by atoms with Crippen LogP contribution >= 0.6 is 0 Å². The molecular formula is C17H27N3O2. The summed E-state index contributed by atoms with van der Waals surface area (Å²) in [6.45, 7) is 5.69. The van der Waals surface area contributed by atoms with Gasteiger partial charge in [0.05, 0.1) is 6.54 Å². The predicted octanol–water partition coefficient (Wildman–Crippen LogP) is 1.71. The fourth-order valence-corrected chi connectivity index (χ4v) is 3.80. The molecular weight excluding hydrogens is 278 g/mol. The molecule has 2 atom stereocenters. The van der Waals surface area contributed by atoms with E-state index in [0.29, 0.717) is 24.4 Å². The molecule has 22 heavy (non-hydrogen) atoms. The molecule has 0 aromatic carbocycles. The summed E-state index contributed by atoms with van der Waals surface area (Å²) in [7, 11) is 4.12. The number of carbonyl (C=O) groups is 1. The molecule has 5 heteroatoms. The van der Waals surface area contributed by atoms with Crippen LogP contribution in [0.25, 0.3) is 0 Å². The van der Waals surface area contributed by atoms with Crippen molar-refractivity contribution in [3.8, 4) is 0 Å². The zero-order valence-corrected chi connectivity index (χ0v) is 13.9. The molecule has 0 unspecified atom stereocenters. The van der Waals surface area contributed by atoms with E-state index in [1.54, 1.807) is 0 Å². The summed E-state index contributed by atoms with van der Waals surface area (Å²) in [5.41, 5.74) is 0. The lowest BCUT2D eigenvalue weighted by atomic mass is 9.96. The molecule has 0 aliphatic carbocycles. The summed E-state index contributed by atoms with van der Waals surface area (Å²) >= 11 is 0. The molecule has 2 aliphatic heterocycles. The van der Waals surface area contributed by atoms with Gasteiger partial charge in [0.15, 0.2) is 0 Å². The Labute approximate surface area is 132 Å². The van der Waals surface area contributed by atoms with Gasteiger partial charge in [0.2, 0.25) is 5.91 Å². The number of carbonyl (C=O) groups excluding carboxylic acids is 1. The highest BCUT2D eigenvalue weighted by Crippen LogP contribution is 2.32. The van der Waals surface area contributed by atoms with Gasteiger partial charge in [-0.2, -0.15) is 0 Å². The monoisotopic (exact) mass is 305 g/mol. The Balaban J connectivity index is 1.65. The molecule has 3 rings (SSSR count). The van der Waals surface area contributed by atoms with Crippen molar-refractivity contribution >= 4 is 5.91 Å². The van der Waals surface area contributed by atoms with Crippen LogP contribution in [-0.4, -0.2) is 66.4 Å². The maximum Gasteiger partial charge on any atom is 0.222 e. The van der Waals surface area contributed by atoms with Crippen LogP contribution in [0.3, 0.4) is 0 Å². The smallest absolute Gasteiger partial charge is 0.222 e. The lowest BCUT2D eigenvalue weighted by Crippen LogP contribution is -2.53. The minimum atomic E-state index is 0.332. The van der Waals surface area contributed by atoms with Crippen molar-refractivity contribution in [2.45, 2.75) is 44.8 Å². The minimum absolute atomic E-state index is 0.332. The zero-order valence-electron chi connectivity index (χ0n) is 13.9. The van der Waals surface area contributed by atoms with E-state index in [4.69, 9.17) is 4.42 Å². The highest BCUT2D eigenvalue weighted by molar-refractivity contribution is 5.77. The van der Waals surface area contributed by atoms with Crippen LogP contribution in [0, 0.1) is 6.92 Å². The summed E-state index contributed by atoms with van der Waals surface area (Å²) in [4.78, 5) is 19.1. The average molecular weight is 305 g/mol. The van der Waals surface area contributed by atoms with Gasteiger partial charge in [-0.05, 0) is 46.0 Å². The first-order valence-corrected chi connectivity index (χ1v) is 8.28. The van der Waals surface area contributed by atoms with Crippen LogP contribution in [0.2, 0.25) is 0 Å². The second kappa shape index (κ2) is 6.42. The van der Waals surface area contributed by atoms with Gasteiger partial charge in [0.25, 0.3) is 0 Å². The molecule has 2 saturated heterocycles. The van der Waals surface area contributed by atoms with E-state index in [-0.39, 0.29) is 0 Å². The van der Waals surface area contributed by atoms with E-state index in [0.717, 1.165) is 50.5 Å². The Morgan fingerprint density at radius 2 is 2.09 bits per heavy atom. The first-order valence-electron chi connectivity index (χ1n) is 8.28. The van der Waals surface area contributed by atoms with Crippen LogP contribution in [0.5, 0.6) is 0 Å². The largest absolute Gasteiger partial charge is 0.465 e. The van der Waals surface area contributed by atoms with E-state index in [1.165, 1.54) is 0 Å². The zero-order chi connectivity index (χ0) is 15.7. The number of nitrogens with zero attached hydrogens (tertiary/aromatic N) is 3. The Bertz CT molecular complexity index is 526. The number of piperidine rings is 1. The number of hydrogen-bond acceptors (Lipinski definition) is 4. The third-order valence-electron chi connectivity index (χ3n) is 4.94. The van der Waals surface area contributed by atoms with Gasteiger partial charge >= 0.3 is 0 Å². The fraction of sp³-hybridized carbons (Fsp3) is 0.706. The number of likely N-dealkylation sites (N-methyl/N-ethyl adjacent to an activating group) is 1. The van der Waals surface area contributed by atoms with Crippen molar-refractivity contribution in [1.82, 2.24) is 14.7 Å². The number of hydrogen-bond donors (Lipinski definition) is 0. The SMILES string of the molecule is Cc1ccc(CN2CC[C@@H]3[C@H]2CCC(=O)N3CCN(C)C)o1. The third kappa shape index (κ3) is 3.20. The van der Waals surface area contributed by atoms with Crippen molar-refractivity contribution in [3.63, 3.8) is 0 Å². The molecule has 0 spiro atoms. The number of likely N-dealkylation sites (tertiary alicyclic amines) is 2. The van der Waals surface area contributed by atoms with Crippen molar-refractivity contribution in [3.05, 3.63) is 23.7 Å². The van der Waals surface area contributed by atoms with Gasteiger partial charge in [-0.1, -0.05) is 0 Å². The van der Waals surface area contributed by atoms with Gasteiger partial charge in [-0.3, -0.25) is 9.69 Å². The predicted molar refractivity (Wildman–Crippen MR) is 85.5 cm³/mol. The fourth-order valence-electron chi connectivity index (χ4n) is 3.80. The molecule has 1 aromatic rings. The second-order valence-electron chi connectivity index (χ2n) is 6.84. The van der Waals surface area contributed by atoms with Gasteiger partial charge < -0.3 is 14.2 Å². The van der Waals surface area contributed by atoms with E-state index in [2.05, 4.69) is 34.9 Å². The van der Waals surface area contributed by atoms with E-state index >= 15 is 0 Å².